The summed E-state index contributed by atoms with van der Waals surface area (Å²) in [4.78, 5) is 23.4. The van der Waals surface area contributed by atoms with Crippen molar-refractivity contribution in [2.24, 2.45) is 0 Å². The molecule has 0 aliphatic heterocycles. The Morgan fingerprint density at radius 3 is 1.04 bits per heavy atom. The number of likely N-dealkylation sites (N-methyl/N-ethyl adjacent to an activating group) is 1. The predicted octanol–water partition coefficient (Wildman–Crippen LogP) is 23.2. The van der Waals surface area contributed by atoms with E-state index in [1.54, 1.807) is 6.08 Å². The van der Waals surface area contributed by atoms with E-state index < -0.39 is 20.0 Å². The molecule has 3 atom stereocenters. The van der Waals surface area contributed by atoms with E-state index in [1.807, 2.05) is 27.2 Å². The molecular weight excluding hydrogens is 1040 g/mol. The summed E-state index contributed by atoms with van der Waals surface area (Å²) in [5, 5.41) is 14.0. The van der Waals surface area contributed by atoms with E-state index in [-0.39, 0.29) is 19.1 Å². The van der Waals surface area contributed by atoms with Crippen LogP contribution in [-0.4, -0.2) is 73.4 Å². The van der Waals surface area contributed by atoms with Crippen molar-refractivity contribution in [1.29, 1.82) is 0 Å². The Labute approximate surface area is 517 Å². The van der Waals surface area contributed by atoms with E-state index in [1.165, 1.54) is 283 Å². The summed E-state index contributed by atoms with van der Waals surface area (Å²) >= 11 is 0. The molecule has 1 amide bonds. The van der Waals surface area contributed by atoms with Crippen molar-refractivity contribution in [3.63, 3.8) is 0 Å². The summed E-state index contributed by atoms with van der Waals surface area (Å²) in [6.07, 6.45) is 89.7. The lowest BCUT2D eigenvalue weighted by Gasteiger charge is -2.25. The van der Waals surface area contributed by atoms with Crippen LogP contribution >= 0.6 is 7.82 Å². The second kappa shape index (κ2) is 64.7. The average molecular weight is 1190 g/mol. The van der Waals surface area contributed by atoms with Crippen LogP contribution in [0.3, 0.4) is 0 Å². The minimum atomic E-state index is -4.37. The highest BCUT2D eigenvalue weighted by molar-refractivity contribution is 7.47. The number of carbonyl (C=O) groups excluding carboxylic acids is 1. The van der Waals surface area contributed by atoms with Crippen molar-refractivity contribution in [3.05, 3.63) is 60.8 Å². The molecule has 0 fully saturated rings. The molecule has 3 N–H and O–H groups in total. The van der Waals surface area contributed by atoms with Gasteiger partial charge in [0.2, 0.25) is 5.91 Å². The minimum absolute atomic E-state index is 0.0531. The Morgan fingerprint density at radius 2 is 0.699 bits per heavy atom. The lowest BCUT2D eigenvalue weighted by Crippen LogP contribution is -2.45. The maximum absolute atomic E-state index is 13.0. The first-order valence-electron chi connectivity index (χ1n) is 36.2. The predicted molar refractivity (Wildman–Crippen MR) is 364 cm³/mol. The quantitative estimate of drug-likeness (QED) is 0.0243. The van der Waals surface area contributed by atoms with Crippen LogP contribution in [0, 0.1) is 0 Å². The summed E-state index contributed by atoms with van der Waals surface area (Å²) in [5.74, 6) is -0.187. The summed E-state index contributed by atoms with van der Waals surface area (Å²) in [5.41, 5.74) is 0. The summed E-state index contributed by atoms with van der Waals surface area (Å²) in [7, 11) is 1.55. The summed E-state index contributed by atoms with van der Waals surface area (Å²) in [6.45, 7) is 4.83. The zero-order valence-electron chi connectivity index (χ0n) is 55.9. The first kappa shape index (κ1) is 81.2. The number of nitrogens with one attached hydrogen (secondary N) is 1. The summed E-state index contributed by atoms with van der Waals surface area (Å²) < 4.78 is 23.8. The molecule has 3 unspecified atom stereocenters. The highest BCUT2D eigenvalue weighted by atomic mass is 31.2. The zero-order valence-corrected chi connectivity index (χ0v) is 56.8. The fraction of sp³-hybridized carbons (Fsp3) is 0.851. The molecule has 488 valence electrons. The lowest BCUT2D eigenvalue weighted by atomic mass is 10.0. The zero-order chi connectivity index (χ0) is 60.5. The maximum Gasteiger partial charge on any atom is 0.472 e. The smallest absolute Gasteiger partial charge is 0.387 e. The van der Waals surface area contributed by atoms with E-state index in [0.29, 0.717) is 17.4 Å². The van der Waals surface area contributed by atoms with Crippen molar-refractivity contribution < 1.29 is 32.9 Å². The van der Waals surface area contributed by atoms with Crippen molar-refractivity contribution in [3.8, 4) is 0 Å². The molecule has 0 rings (SSSR count). The molecule has 0 saturated carbocycles. The molecule has 0 aromatic rings. The van der Waals surface area contributed by atoms with Crippen LogP contribution in [0.25, 0.3) is 0 Å². The van der Waals surface area contributed by atoms with Crippen molar-refractivity contribution >= 4 is 13.7 Å². The average Bonchev–Trinajstić information content (AvgIpc) is 3.50. The van der Waals surface area contributed by atoms with Crippen LogP contribution < -0.4 is 5.32 Å². The van der Waals surface area contributed by atoms with Crippen LogP contribution in [0.2, 0.25) is 0 Å². The van der Waals surface area contributed by atoms with E-state index in [9.17, 15) is 19.4 Å². The molecule has 83 heavy (non-hydrogen) atoms. The van der Waals surface area contributed by atoms with Crippen LogP contribution in [0.1, 0.15) is 354 Å². The van der Waals surface area contributed by atoms with Gasteiger partial charge >= 0.3 is 7.82 Å². The molecule has 9 heteroatoms. The van der Waals surface area contributed by atoms with Gasteiger partial charge in [-0.05, 0) is 77.0 Å². The van der Waals surface area contributed by atoms with E-state index >= 15 is 0 Å². The molecule has 8 nitrogen and oxygen atoms in total. The van der Waals surface area contributed by atoms with Crippen molar-refractivity contribution in [2.45, 2.75) is 366 Å². The van der Waals surface area contributed by atoms with Crippen molar-refractivity contribution in [1.82, 2.24) is 5.32 Å². The summed E-state index contributed by atoms with van der Waals surface area (Å²) in [6, 6.07) is -0.873. The van der Waals surface area contributed by atoms with Crippen LogP contribution in [0.4, 0.5) is 0 Å². The molecular formula is C74H142N2O6P+. The normalized spacial score (nSPS) is 14.0. The second-order valence-corrected chi connectivity index (χ2v) is 27.4. The Morgan fingerprint density at radius 1 is 0.410 bits per heavy atom. The molecule has 0 aromatic carbocycles. The Kier molecular flexibility index (Phi) is 63.3. The number of hydrogen-bond donors (Lipinski definition) is 3. The van der Waals surface area contributed by atoms with Gasteiger partial charge in [0, 0.05) is 6.42 Å². The highest BCUT2D eigenvalue weighted by Gasteiger charge is 2.28. The van der Waals surface area contributed by atoms with Gasteiger partial charge in [-0.15, -0.1) is 0 Å². The molecule has 0 aliphatic carbocycles. The fourth-order valence-electron chi connectivity index (χ4n) is 10.8. The first-order valence-corrected chi connectivity index (χ1v) is 37.7. The standard InChI is InChI=1S/C74H141N2O6P/c1-6-8-10-12-14-16-18-20-22-24-26-28-30-31-32-33-34-35-36-37-38-39-40-41-42-43-44-45-46-48-50-52-54-56-58-60-62-64-66-68-74(78)75-72(71-82-83(79,80)81-70-69-76(3,4)5)73(77)67-65-63-61-59-57-55-53-51-49-47-29-27-25-23-21-19-17-15-13-11-9-7-2/h34-35,37-38,49,51,57,59,65,67,72-73,77H,6-33,36,39-48,50,52-56,58,60-64,66,68-71H2,1-5H3,(H-,75,78,79,80)/p+1/b35-34-,38-37-,51-49+,59-57+,67-65+. The van der Waals surface area contributed by atoms with Gasteiger partial charge in [0.05, 0.1) is 39.9 Å². The number of rotatable bonds is 67. The van der Waals surface area contributed by atoms with Gasteiger partial charge in [-0.1, -0.05) is 331 Å². The Bertz CT molecular complexity index is 1540. The third-order valence-electron chi connectivity index (χ3n) is 16.4. The van der Waals surface area contributed by atoms with E-state index in [4.69, 9.17) is 9.05 Å². The highest BCUT2D eigenvalue weighted by Crippen LogP contribution is 2.43. The Hall–Kier alpha value is -1.80. The number of quaternary nitrogens is 1. The number of unbranched alkanes of at least 4 members (excludes halogenated alkanes) is 46. The third-order valence-corrected chi connectivity index (χ3v) is 17.4. The largest absolute Gasteiger partial charge is 0.472 e. The number of nitrogens with zero attached hydrogens (tertiary/aromatic N) is 1. The number of aliphatic hydroxyl groups is 1. The minimum Gasteiger partial charge on any atom is -0.387 e. The monoisotopic (exact) mass is 1190 g/mol. The van der Waals surface area contributed by atoms with Gasteiger partial charge in [0.25, 0.3) is 0 Å². The van der Waals surface area contributed by atoms with Crippen LogP contribution in [0.15, 0.2) is 60.8 Å². The number of phosphoric ester groups is 1. The molecule has 0 saturated heterocycles. The van der Waals surface area contributed by atoms with Gasteiger partial charge in [-0.2, -0.15) is 0 Å². The molecule has 0 aliphatic rings. The molecule has 0 bridgehead atoms. The first-order chi connectivity index (χ1) is 40.5. The van der Waals surface area contributed by atoms with Gasteiger partial charge in [0.15, 0.2) is 0 Å². The topological polar surface area (TPSA) is 105 Å². The number of aliphatic hydroxyl groups excluding tert-OH is 1. The second-order valence-electron chi connectivity index (χ2n) is 25.9. The van der Waals surface area contributed by atoms with Gasteiger partial charge in [-0.25, -0.2) is 4.57 Å². The number of amides is 1. The Balaban J connectivity index is 4.01. The van der Waals surface area contributed by atoms with Crippen LogP contribution in [-0.2, 0) is 18.4 Å². The van der Waals surface area contributed by atoms with Crippen LogP contribution in [0.5, 0.6) is 0 Å². The molecule has 0 aromatic heterocycles. The van der Waals surface area contributed by atoms with Crippen molar-refractivity contribution in [2.75, 3.05) is 40.9 Å². The molecule has 0 spiro atoms. The van der Waals surface area contributed by atoms with Gasteiger partial charge in [-0.3, -0.25) is 13.8 Å². The van der Waals surface area contributed by atoms with E-state index in [2.05, 4.69) is 67.8 Å². The molecule has 0 heterocycles. The maximum atomic E-state index is 13.0. The van der Waals surface area contributed by atoms with E-state index in [0.717, 1.165) is 51.4 Å². The number of hydrogen-bond acceptors (Lipinski definition) is 5. The fourth-order valence-corrected chi connectivity index (χ4v) is 11.6. The van der Waals surface area contributed by atoms with Gasteiger partial charge < -0.3 is 19.8 Å². The number of phosphoric acid groups is 1. The number of allylic oxidation sites excluding steroid dienone is 9. The SMILES string of the molecule is CCCCCCCCCCCCCC/C=C/CC/C=C/CC/C=C/C(O)C(COP(=O)(O)OCC[N+](C)(C)C)NC(=O)CCCCCCCCCCCCCCCCCCC/C=C\C/C=C\CCCCCCCCCCCCCCCCC. The molecule has 0 radical (unpaired) electrons. The van der Waals surface area contributed by atoms with Gasteiger partial charge in [0.1, 0.15) is 13.2 Å². The number of carbonyl (C=O) groups is 1. The lowest BCUT2D eigenvalue weighted by molar-refractivity contribution is -0.870. The third kappa shape index (κ3) is 67.6.